The van der Waals surface area contributed by atoms with Crippen LogP contribution in [0.15, 0.2) is 24.8 Å². The van der Waals surface area contributed by atoms with Gasteiger partial charge in [-0.1, -0.05) is 24.3 Å². The molecule has 42 heavy (non-hydrogen) atoms. The van der Waals surface area contributed by atoms with Gasteiger partial charge in [0.05, 0.1) is 24.2 Å². The molecule has 0 radical (unpaired) electrons. The lowest BCUT2D eigenvalue weighted by atomic mass is 9.68. The summed E-state index contributed by atoms with van der Waals surface area (Å²) in [5.41, 5.74) is 7.86. The Labute approximate surface area is 248 Å². The number of likely N-dealkylation sites (tertiary alicyclic amines) is 1. The van der Waals surface area contributed by atoms with Crippen molar-refractivity contribution in [1.82, 2.24) is 19.8 Å². The number of piperazine rings is 1. The highest BCUT2D eigenvalue weighted by Crippen LogP contribution is 2.50. The number of nitriles is 1. The van der Waals surface area contributed by atoms with Crippen LogP contribution < -0.4 is 9.64 Å². The zero-order valence-corrected chi connectivity index (χ0v) is 25.0. The third-order valence-corrected chi connectivity index (χ3v) is 9.98. The Balaban J connectivity index is 1.35. The molecule has 4 aliphatic rings. The summed E-state index contributed by atoms with van der Waals surface area (Å²) in [6, 6.07) is 6.97. The van der Waals surface area contributed by atoms with E-state index in [1.807, 2.05) is 11.9 Å². The van der Waals surface area contributed by atoms with Gasteiger partial charge in [-0.2, -0.15) is 15.2 Å². The van der Waals surface area contributed by atoms with E-state index in [0.29, 0.717) is 45.2 Å². The molecule has 2 saturated heterocycles. The van der Waals surface area contributed by atoms with Gasteiger partial charge in [0.15, 0.2) is 0 Å². The maximum absolute atomic E-state index is 14.1. The molecule has 222 valence electrons. The molecule has 2 aromatic rings. The summed E-state index contributed by atoms with van der Waals surface area (Å²) in [6.07, 6.45) is 6.09. The second kappa shape index (κ2) is 11.3. The van der Waals surface area contributed by atoms with E-state index in [-0.39, 0.29) is 29.8 Å². The average Bonchev–Trinajstić information content (AvgIpc) is 3.48. The fourth-order valence-corrected chi connectivity index (χ4v) is 8.05. The van der Waals surface area contributed by atoms with E-state index in [1.165, 1.54) is 28.3 Å². The highest BCUT2D eigenvalue weighted by atomic mass is 19.1. The van der Waals surface area contributed by atoms with E-state index in [2.05, 4.69) is 43.5 Å². The van der Waals surface area contributed by atoms with Crippen LogP contribution >= 0.6 is 0 Å². The largest absolute Gasteiger partial charge is 0.462 e. The molecule has 1 aromatic carbocycles. The van der Waals surface area contributed by atoms with E-state index in [9.17, 15) is 14.4 Å². The molecule has 2 aliphatic heterocycles. The molecule has 0 bridgehead atoms. The molecular formula is C33H41FN6O2. The van der Waals surface area contributed by atoms with Crippen molar-refractivity contribution in [3.8, 4) is 12.1 Å². The maximum atomic E-state index is 14.1. The van der Waals surface area contributed by atoms with Crippen LogP contribution in [0.1, 0.15) is 59.2 Å². The summed E-state index contributed by atoms with van der Waals surface area (Å²) in [6.45, 7) is 10.4. The molecule has 0 N–H and O–H groups in total. The number of anilines is 1. The number of aromatic nitrogens is 2. The van der Waals surface area contributed by atoms with Crippen LogP contribution in [0.3, 0.4) is 0 Å². The van der Waals surface area contributed by atoms with Gasteiger partial charge in [-0.15, -0.1) is 0 Å². The first kappa shape index (κ1) is 28.6. The van der Waals surface area contributed by atoms with Crippen molar-refractivity contribution in [3.63, 3.8) is 0 Å². The monoisotopic (exact) mass is 572 g/mol. The number of aryl methyl sites for hydroxylation is 3. The number of fused-ring (bicyclic) bond motifs is 3. The highest BCUT2D eigenvalue weighted by Gasteiger charge is 2.44. The third-order valence-electron chi connectivity index (χ3n) is 9.98. The van der Waals surface area contributed by atoms with Crippen LogP contribution in [0.25, 0.3) is 0 Å². The Morgan fingerprint density at radius 2 is 2.02 bits per heavy atom. The molecule has 1 aromatic heterocycles. The van der Waals surface area contributed by atoms with Crippen LogP contribution in [0.2, 0.25) is 0 Å². The number of hydrogen-bond acceptors (Lipinski definition) is 7. The van der Waals surface area contributed by atoms with E-state index < -0.39 is 6.17 Å². The first-order valence-corrected chi connectivity index (χ1v) is 15.2. The molecular weight excluding hydrogens is 531 g/mol. The lowest BCUT2D eigenvalue weighted by Crippen LogP contribution is -2.55. The van der Waals surface area contributed by atoms with Crippen LogP contribution in [0.5, 0.6) is 6.01 Å². The number of halogens is 1. The summed E-state index contributed by atoms with van der Waals surface area (Å²) in [5, 5.41) is 9.53. The van der Waals surface area contributed by atoms with Gasteiger partial charge in [-0.3, -0.25) is 9.69 Å². The van der Waals surface area contributed by atoms with Crippen LogP contribution in [0.4, 0.5) is 10.2 Å². The molecule has 1 spiro atoms. The Morgan fingerprint density at radius 1 is 1.21 bits per heavy atom. The second-order valence-electron chi connectivity index (χ2n) is 12.8. The number of hydrogen-bond donors (Lipinski definition) is 0. The minimum atomic E-state index is -0.843. The molecule has 3 heterocycles. The number of rotatable bonds is 6. The number of ether oxygens (including phenoxy) is 1. The molecule has 2 fully saturated rings. The van der Waals surface area contributed by atoms with Crippen molar-refractivity contribution >= 4 is 11.7 Å². The Hall–Kier alpha value is -3.51. The van der Waals surface area contributed by atoms with Crippen molar-refractivity contribution in [3.05, 3.63) is 58.3 Å². The van der Waals surface area contributed by atoms with Gasteiger partial charge in [0.2, 0.25) is 5.91 Å². The lowest BCUT2D eigenvalue weighted by molar-refractivity contribution is -0.128. The summed E-state index contributed by atoms with van der Waals surface area (Å²) in [4.78, 5) is 28.5. The third kappa shape index (κ3) is 5.15. The number of amides is 1. The predicted octanol–water partition coefficient (Wildman–Crippen LogP) is 4.00. The smallest absolute Gasteiger partial charge is 0.318 e. The number of carbonyl (C=O) groups is 1. The number of alkyl halides is 1. The summed E-state index contributed by atoms with van der Waals surface area (Å²) >= 11 is 0. The van der Waals surface area contributed by atoms with Crippen molar-refractivity contribution in [1.29, 1.82) is 5.26 Å². The van der Waals surface area contributed by atoms with Gasteiger partial charge in [-0.05, 0) is 75.8 Å². The second-order valence-corrected chi connectivity index (χ2v) is 12.8. The van der Waals surface area contributed by atoms with Gasteiger partial charge in [0.1, 0.15) is 18.6 Å². The lowest BCUT2D eigenvalue weighted by Gasteiger charge is -2.43. The number of carbonyl (C=O) groups excluding carboxylic acids is 1. The zero-order valence-electron chi connectivity index (χ0n) is 25.0. The summed E-state index contributed by atoms with van der Waals surface area (Å²) < 4.78 is 20.3. The van der Waals surface area contributed by atoms with Gasteiger partial charge in [0.25, 0.3) is 0 Å². The Morgan fingerprint density at radius 3 is 2.76 bits per heavy atom. The molecule has 1 amide bonds. The fourth-order valence-electron chi connectivity index (χ4n) is 8.05. The Kier molecular flexibility index (Phi) is 7.69. The molecule has 8 nitrogen and oxygen atoms in total. The zero-order chi connectivity index (χ0) is 29.6. The van der Waals surface area contributed by atoms with E-state index in [4.69, 9.17) is 14.7 Å². The number of benzene rings is 1. The first-order chi connectivity index (χ1) is 20.2. The first-order valence-electron chi connectivity index (χ1n) is 15.2. The fraction of sp³-hybridized carbons (Fsp3) is 0.576. The molecule has 6 rings (SSSR count). The van der Waals surface area contributed by atoms with Crippen LogP contribution in [-0.2, 0) is 29.5 Å². The van der Waals surface area contributed by atoms with E-state index in [1.54, 1.807) is 4.90 Å². The summed E-state index contributed by atoms with van der Waals surface area (Å²) in [7, 11) is 1.93. The highest BCUT2D eigenvalue weighted by molar-refractivity contribution is 5.87. The summed E-state index contributed by atoms with van der Waals surface area (Å²) in [5.74, 6) is 0.698. The van der Waals surface area contributed by atoms with Gasteiger partial charge in [-0.25, -0.2) is 4.39 Å². The number of nitrogens with zero attached hydrogens (tertiary/aromatic N) is 6. The van der Waals surface area contributed by atoms with Crippen LogP contribution in [-0.4, -0.2) is 83.8 Å². The van der Waals surface area contributed by atoms with Gasteiger partial charge in [0, 0.05) is 49.6 Å². The van der Waals surface area contributed by atoms with Gasteiger partial charge >= 0.3 is 6.01 Å². The maximum Gasteiger partial charge on any atom is 0.318 e. The van der Waals surface area contributed by atoms with Crippen molar-refractivity contribution in [2.24, 2.45) is 0 Å². The SMILES string of the molecule is C=CC(=O)N1CCN(c2nc(OCC3CC(F)CN3C)nc3c2CCC2(CCc4cc(C)cc(C)c42)C3)CC1CC#N. The molecule has 4 unspecified atom stereocenters. The van der Waals surface area contributed by atoms with Gasteiger partial charge < -0.3 is 14.5 Å². The minimum Gasteiger partial charge on any atom is -0.462 e. The van der Waals surface area contributed by atoms with Crippen molar-refractivity contribution in [2.75, 3.05) is 44.7 Å². The Bertz CT molecular complexity index is 1440. The van der Waals surface area contributed by atoms with Crippen LogP contribution in [0, 0.1) is 25.2 Å². The number of likely N-dealkylation sites (N-methyl/N-ethyl adjacent to an activating group) is 1. The average molecular weight is 573 g/mol. The minimum absolute atomic E-state index is 0.0181. The van der Waals surface area contributed by atoms with E-state index in [0.717, 1.165) is 49.2 Å². The molecule has 9 heteroatoms. The predicted molar refractivity (Wildman–Crippen MR) is 160 cm³/mol. The normalized spacial score (nSPS) is 27.1. The molecule has 2 aliphatic carbocycles. The standard InChI is InChI=1S/C33H41FN6O2/c1-5-29(41)40-13-12-39(19-25(40)8-11-35)31-27-7-10-33(9-6-23-15-21(2)14-22(3)30(23)33)17-28(27)36-32(37-31)42-20-26-16-24(34)18-38(26)4/h5,14-15,24-26H,1,6-10,12-13,16-20H2,2-4H3. The van der Waals surface area contributed by atoms with E-state index >= 15 is 0 Å². The topological polar surface area (TPSA) is 85.6 Å². The molecule has 0 saturated carbocycles. The van der Waals surface area contributed by atoms with Crippen molar-refractivity contribution < 1.29 is 13.9 Å². The quantitative estimate of drug-likeness (QED) is 0.484. The van der Waals surface area contributed by atoms with Crippen molar-refractivity contribution in [2.45, 2.75) is 82.5 Å². The molecule has 4 atom stereocenters.